The van der Waals surface area contributed by atoms with Gasteiger partial charge in [0.05, 0.1) is 5.69 Å². The molecule has 0 bridgehead atoms. The van der Waals surface area contributed by atoms with Gasteiger partial charge in [-0.25, -0.2) is 4.98 Å². The second-order valence-corrected chi connectivity index (χ2v) is 4.35. The zero-order valence-corrected chi connectivity index (χ0v) is 8.65. The van der Waals surface area contributed by atoms with Crippen molar-refractivity contribution in [3.05, 3.63) is 23.0 Å². The van der Waals surface area contributed by atoms with Gasteiger partial charge in [-0.15, -0.1) is 16.4 Å². The van der Waals surface area contributed by atoms with E-state index in [1.807, 2.05) is 5.38 Å². The zero-order chi connectivity index (χ0) is 10.3. The van der Waals surface area contributed by atoms with Crippen molar-refractivity contribution in [2.75, 3.05) is 0 Å². The first-order valence-corrected chi connectivity index (χ1v) is 5.58. The Morgan fingerprint density at radius 2 is 2.40 bits per heavy atom. The minimum atomic E-state index is 0.434. The zero-order valence-electron chi connectivity index (χ0n) is 7.83. The van der Waals surface area contributed by atoms with Gasteiger partial charge in [-0.05, 0) is 12.8 Å². The van der Waals surface area contributed by atoms with E-state index in [1.165, 1.54) is 11.3 Å². The maximum absolute atomic E-state index is 10.8. The lowest BCUT2D eigenvalue weighted by atomic mass is 10.2. The van der Waals surface area contributed by atoms with E-state index in [0.29, 0.717) is 11.6 Å². The van der Waals surface area contributed by atoms with Crippen molar-refractivity contribution in [3.63, 3.8) is 0 Å². The number of hydrogen-bond acceptors (Lipinski definition) is 5. The van der Waals surface area contributed by atoms with E-state index < -0.39 is 0 Å². The number of aldehydes is 1. The summed E-state index contributed by atoms with van der Waals surface area (Å²) in [6, 6.07) is 0. The number of thiazole rings is 1. The maximum Gasteiger partial charge on any atom is 0.211 e. The third-order valence-electron chi connectivity index (χ3n) is 2.41. The summed E-state index contributed by atoms with van der Waals surface area (Å²) >= 11 is 1.49. The molecule has 0 aromatic carbocycles. The van der Waals surface area contributed by atoms with Crippen molar-refractivity contribution in [3.8, 4) is 5.13 Å². The van der Waals surface area contributed by atoms with Gasteiger partial charge < -0.3 is 0 Å². The van der Waals surface area contributed by atoms with Gasteiger partial charge in [0.1, 0.15) is 5.69 Å². The second-order valence-electron chi connectivity index (χ2n) is 3.48. The average molecular weight is 220 g/mol. The summed E-state index contributed by atoms with van der Waals surface area (Å²) in [5.74, 6) is 0.434. The van der Waals surface area contributed by atoms with Crippen LogP contribution in [0.1, 0.15) is 34.9 Å². The normalized spacial score (nSPS) is 15.5. The maximum atomic E-state index is 10.8. The highest BCUT2D eigenvalue weighted by Crippen LogP contribution is 2.41. The highest BCUT2D eigenvalue weighted by molar-refractivity contribution is 7.12. The lowest BCUT2D eigenvalue weighted by Gasteiger charge is -2.00. The molecule has 2 aromatic heterocycles. The Balaban J connectivity index is 2.14. The highest BCUT2D eigenvalue weighted by atomic mass is 32.1. The van der Waals surface area contributed by atoms with Gasteiger partial charge in [0.25, 0.3) is 0 Å². The van der Waals surface area contributed by atoms with Crippen molar-refractivity contribution in [2.45, 2.75) is 18.8 Å². The third-order valence-corrected chi connectivity index (χ3v) is 3.16. The van der Waals surface area contributed by atoms with E-state index in [0.717, 1.165) is 30.0 Å². The van der Waals surface area contributed by atoms with Crippen LogP contribution in [0, 0.1) is 0 Å². The van der Waals surface area contributed by atoms with Gasteiger partial charge in [0.15, 0.2) is 6.29 Å². The third kappa shape index (κ3) is 1.37. The van der Waals surface area contributed by atoms with Crippen LogP contribution in [0.25, 0.3) is 5.13 Å². The molecule has 0 atom stereocenters. The predicted octanol–water partition coefficient (Wildman–Crippen LogP) is 1.41. The summed E-state index contributed by atoms with van der Waals surface area (Å²) in [4.78, 5) is 15.0. The fraction of sp³-hybridized carbons (Fsp3) is 0.333. The Hall–Kier alpha value is -1.56. The summed E-state index contributed by atoms with van der Waals surface area (Å²) in [5.41, 5.74) is 1.37. The molecule has 2 aromatic rings. The van der Waals surface area contributed by atoms with Crippen molar-refractivity contribution in [2.24, 2.45) is 0 Å². The average Bonchev–Trinajstić information content (AvgIpc) is 2.83. The minimum Gasteiger partial charge on any atom is -0.296 e. The molecule has 2 heterocycles. The standard InChI is InChI=1S/C9H8N4OS/c14-5-7-8(6-1-2-6)13(12-11-7)9-10-3-4-15-9/h3-6H,1-2H2. The van der Waals surface area contributed by atoms with Crippen LogP contribution in [0.15, 0.2) is 11.6 Å². The summed E-state index contributed by atoms with van der Waals surface area (Å²) in [5, 5.41) is 10.5. The molecular formula is C9H8N4OS. The number of nitrogens with zero attached hydrogens (tertiary/aromatic N) is 4. The lowest BCUT2D eigenvalue weighted by molar-refractivity contribution is 0.111. The predicted molar refractivity (Wildman–Crippen MR) is 54.4 cm³/mol. The molecule has 0 radical (unpaired) electrons. The Labute approximate surface area is 89.8 Å². The van der Waals surface area contributed by atoms with Crippen LogP contribution in [-0.4, -0.2) is 26.3 Å². The van der Waals surface area contributed by atoms with Gasteiger partial charge in [0, 0.05) is 17.5 Å². The number of carbonyl (C=O) groups is 1. The smallest absolute Gasteiger partial charge is 0.211 e. The molecule has 1 aliphatic carbocycles. The van der Waals surface area contributed by atoms with Crippen molar-refractivity contribution >= 4 is 17.6 Å². The molecule has 76 valence electrons. The number of aromatic nitrogens is 4. The number of rotatable bonds is 3. The molecule has 0 unspecified atom stereocenters. The first kappa shape index (κ1) is 8.72. The van der Waals surface area contributed by atoms with Gasteiger partial charge in [-0.3, -0.25) is 4.79 Å². The minimum absolute atomic E-state index is 0.434. The molecule has 3 rings (SSSR count). The second kappa shape index (κ2) is 3.23. The molecule has 0 aliphatic heterocycles. The van der Waals surface area contributed by atoms with Crippen molar-refractivity contribution in [1.29, 1.82) is 0 Å². The molecule has 0 saturated heterocycles. The number of hydrogen-bond donors (Lipinski definition) is 0. The molecule has 0 spiro atoms. The molecule has 1 fully saturated rings. The fourth-order valence-electron chi connectivity index (χ4n) is 1.59. The molecule has 1 saturated carbocycles. The number of carbonyl (C=O) groups excluding carboxylic acids is 1. The first-order chi connectivity index (χ1) is 7.40. The van der Waals surface area contributed by atoms with Crippen LogP contribution < -0.4 is 0 Å². The highest BCUT2D eigenvalue weighted by Gasteiger charge is 2.32. The SMILES string of the molecule is O=Cc1nnn(-c2nccs2)c1C1CC1. The Morgan fingerprint density at radius 3 is 3.00 bits per heavy atom. The Morgan fingerprint density at radius 1 is 1.53 bits per heavy atom. The summed E-state index contributed by atoms with van der Waals surface area (Å²) in [6.07, 6.45) is 4.71. The van der Waals surface area contributed by atoms with Crippen molar-refractivity contribution in [1.82, 2.24) is 20.0 Å². The lowest BCUT2D eigenvalue weighted by Crippen LogP contribution is -2.01. The molecule has 0 amide bonds. The van der Waals surface area contributed by atoms with E-state index in [1.54, 1.807) is 10.9 Å². The fourth-order valence-corrected chi connectivity index (χ4v) is 2.19. The van der Waals surface area contributed by atoms with Crippen LogP contribution in [0.3, 0.4) is 0 Å². The van der Waals surface area contributed by atoms with Crippen LogP contribution in [0.2, 0.25) is 0 Å². The van der Waals surface area contributed by atoms with Crippen LogP contribution in [0.5, 0.6) is 0 Å². The van der Waals surface area contributed by atoms with E-state index >= 15 is 0 Å². The first-order valence-electron chi connectivity index (χ1n) is 4.71. The largest absolute Gasteiger partial charge is 0.296 e. The molecule has 0 N–H and O–H groups in total. The summed E-state index contributed by atoms with van der Waals surface area (Å²) in [7, 11) is 0. The van der Waals surface area contributed by atoms with E-state index in [-0.39, 0.29) is 0 Å². The van der Waals surface area contributed by atoms with Crippen LogP contribution >= 0.6 is 11.3 Å². The molecule has 15 heavy (non-hydrogen) atoms. The van der Waals surface area contributed by atoms with Gasteiger partial charge in [-0.1, -0.05) is 5.21 Å². The molecule has 1 aliphatic rings. The quantitative estimate of drug-likeness (QED) is 0.734. The van der Waals surface area contributed by atoms with E-state index in [9.17, 15) is 4.79 Å². The molecule has 5 nitrogen and oxygen atoms in total. The summed E-state index contributed by atoms with van der Waals surface area (Å²) < 4.78 is 1.69. The van der Waals surface area contributed by atoms with Crippen LogP contribution in [0.4, 0.5) is 0 Å². The van der Waals surface area contributed by atoms with Crippen molar-refractivity contribution < 1.29 is 4.79 Å². The van der Waals surface area contributed by atoms with Crippen LogP contribution in [-0.2, 0) is 0 Å². The Bertz CT molecular complexity index is 486. The topological polar surface area (TPSA) is 60.7 Å². The monoisotopic (exact) mass is 220 g/mol. The van der Waals surface area contributed by atoms with Gasteiger partial charge in [0.2, 0.25) is 5.13 Å². The van der Waals surface area contributed by atoms with E-state index in [2.05, 4.69) is 15.3 Å². The Kier molecular flexibility index (Phi) is 1.88. The molecule has 6 heteroatoms. The van der Waals surface area contributed by atoms with E-state index in [4.69, 9.17) is 0 Å². The molecular weight excluding hydrogens is 212 g/mol. The summed E-state index contributed by atoms with van der Waals surface area (Å²) in [6.45, 7) is 0. The van der Waals surface area contributed by atoms with Gasteiger partial charge in [-0.2, -0.15) is 4.68 Å². The van der Waals surface area contributed by atoms with Gasteiger partial charge >= 0.3 is 0 Å².